The Balaban J connectivity index is 2.23. The monoisotopic (exact) mass is 240 g/mol. The van der Waals surface area contributed by atoms with Crippen LogP contribution < -0.4 is 4.57 Å². The molecule has 2 aromatic rings. The molecule has 0 aliphatic rings. The fourth-order valence-electron chi connectivity index (χ4n) is 1.67. The SMILES string of the molecule is CN(C)/C=N/c1cccc[n+]1Cc1ccccc1. The van der Waals surface area contributed by atoms with Crippen molar-refractivity contribution in [2.24, 2.45) is 4.99 Å². The van der Waals surface area contributed by atoms with Crippen LogP contribution >= 0.6 is 0 Å². The van der Waals surface area contributed by atoms with Crippen molar-refractivity contribution in [3.8, 4) is 0 Å². The Hall–Kier alpha value is -2.16. The highest BCUT2D eigenvalue weighted by atomic mass is 15.1. The maximum absolute atomic E-state index is 4.47. The largest absolute Gasteiger partial charge is 0.348 e. The summed E-state index contributed by atoms with van der Waals surface area (Å²) in [6.45, 7) is 0.835. The Kier molecular flexibility index (Phi) is 4.07. The Morgan fingerprint density at radius 1 is 1.06 bits per heavy atom. The fourth-order valence-corrected chi connectivity index (χ4v) is 1.67. The first-order valence-corrected chi connectivity index (χ1v) is 5.99. The summed E-state index contributed by atoms with van der Waals surface area (Å²) in [6.07, 6.45) is 3.87. The smallest absolute Gasteiger partial charge is 0.325 e. The molecule has 0 spiro atoms. The van der Waals surface area contributed by atoms with Gasteiger partial charge in [-0.1, -0.05) is 36.4 Å². The molecule has 1 aromatic heterocycles. The molecule has 18 heavy (non-hydrogen) atoms. The average molecular weight is 240 g/mol. The quantitative estimate of drug-likeness (QED) is 0.456. The van der Waals surface area contributed by atoms with Gasteiger partial charge in [-0.3, -0.25) is 0 Å². The van der Waals surface area contributed by atoms with Crippen LogP contribution in [0.4, 0.5) is 5.82 Å². The highest BCUT2D eigenvalue weighted by Gasteiger charge is 2.07. The van der Waals surface area contributed by atoms with Crippen molar-refractivity contribution in [1.82, 2.24) is 4.90 Å². The van der Waals surface area contributed by atoms with E-state index >= 15 is 0 Å². The van der Waals surface area contributed by atoms with Gasteiger partial charge in [-0.2, -0.15) is 0 Å². The number of pyridine rings is 1. The van der Waals surface area contributed by atoms with Gasteiger partial charge in [0.15, 0.2) is 0 Å². The Morgan fingerprint density at radius 3 is 2.50 bits per heavy atom. The molecule has 0 fully saturated rings. The zero-order valence-electron chi connectivity index (χ0n) is 10.8. The van der Waals surface area contributed by atoms with Crippen LogP contribution in [-0.2, 0) is 6.54 Å². The number of hydrogen-bond donors (Lipinski definition) is 0. The number of rotatable bonds is 4. The Bertz CT molecular complexity index is 518. The second-order valence-corrected chi connectivity index (χ2v) is 4.38. The van der Waals surface area contributed by atoms with Gasteiger partial charge in [0.05, 0.1) is 6.20 Å². The molecular weight excluding hydrogens is 222 g/mol. The van der Waals surface area contributed by atoms with Gasteiger partial charge in [-0.15, -0.1) is 0 Å². The maximum Gasteiger partial charge on any atom is 0.325 e. The van der Waals surface area contributed by atoms with Gasteiger partial charge in [0, 0.05) is 20.2 Å². The van der Waals surface area contributed by atoms with Crippen molar-refractivity contribution in [3.63, 3.8) is 0 Å². The van der Waals surface area contributed by atoms with Crippen molar-refractivity contribution in [2.75, 3.05) is 14.1 Å². The maximum atomic E-state index is 4.47. The number of aromatic nitrogens is 1. The molecule has 3 heteroatoms. The molecule has 0 aliphatic heterocycles. The van der Waals surface area contributed by atoms with E-state index in [0.717, 1.165) is 12.4 Å². The molecule has 0 atom stereocenters. The predicted octanol–water partition coefficient (Wildman–Crippen LogP) is 2.24. The lowest BCUT2D eigenvalue weighted by Crippen LogP contribution is -2.34. The fraction of sp³-hybridized carbons (Fsp3) is 0.200. The topological polar surface area (TPSA) is 19.5 Å². The first kappa shape index (κ1) is 12.3. The first-order chi connectivity index (χ1) is 8.75. The van der Waals surface area contributed by atoms with Crippen LogP contribution in [0.3, 0.4) is 0 Å². The van der Waals surface area contributed by atoms with Crippen molar-refractivity contribution in [1.29, 1.82) is 0 Å². The second kappa shape index (κ2) is 5.96. The van der Waals surface area contributed by atoms with E-state index in [0.29, 0.717) is 0 Å². The van der Waals surface area contributed by atoms with Gasteiger partial charge in [0.1, 0.15) is 6.54 Å². The van der Waals surface area contributed by atoms with E-state index in [-0.39, 0.29) is 0 Å². The summed E-state index contributed by atoms with van der Waals surface area (Å²) in [6, 6.07) is 16.4. The van der Waals surface area contributed by atoms with Crippen molar-refractivity contribution in [2.45, 2.75) is 6.54 Å². The van der Waals surface area contributed by atoms with Crippen LogP contribution in [0.25, 0.3) is 0 Å². The summed E-state index contributed by atoms with van der Waals surface area (Å²) >= 11 is 0. The summed E-state index contributed by atoms with van der Waals surface area (Å²) in [5.41, 5.74) is 1.27. The normalized spacial score (nSPS) is 10.8. The zero-order valence-corrected chi connectivity index (χ0v) is 10.8. The van der Waals surface area contributed by atoms with Gasteiger partial charge in [-0.25, -0.2) is 4.57 Å². The van der Waals surface area contributed by atoms with Gasteiger partial charge in [0.25, 0.3) is 0 Å². The Labute approximate surface area is 108 Å². The highest BCUT2D eigenvalue weighted by Crippen LogP contribution is 2.05. The van der Waals surface area contributed by atoms with E-state index in [1.807, 2.05) is 49.6 Å². The van der Waals surface area contributed by atoms with E-state index in [1.54, 1.807) is 0 Å². The molecule has 0 saturated heterocycles. The summed E-state index contributed by atoms with van der Waals surface area (Å²) in [5, 5.41) is 0. The number of nitrogens with zero attached hydrogens (tertiary/aromatic N) is 3. The van der Waals surface area contributed by atoms with E-state index in [4.69, 9.17) is 0 Å². The second-order valence-electron chi connectivity index (χ2n) is 4.38. The van der Waals surface area contributed by atoms with Gasteiger partial charge in [-0.05, 0) is 16.6 Å². The number of hydrogen-bond acceptors (Lipinski definition) is 1. The number of aliphatic imine (C=N–C) groups is 1. The zero-order chi connectivity index (χ0) is 12.8. The van der Waals surface area contributed by atoms with Gasteiger partial charge < -0.3 is 4.90 Å². The third-order valence-corrected chi connectivity index (χ3v) is 2.53. The van der Waals surface area contributed by atoms with Gasteiger partial charge in [0.2, 0.25) is 6.34 Å². The van der Waals surface area contributed by atoms with Crippen LogP contribution in [0.5, 0.6) is 0 Å². The standard InChI is InChI=1S/C15H18N3/c1-17(2)13-16-15-10-6-7-11-18(15)12-14-8-4-3-5-9-14/h3-11,13H,12H2,1-2H3/q+1. The molecule has 0 amide bonds. The third-order valence-electron chi connectivity index (χ3n) is 2.53. The molecule has 2 rings (SSSR count). The molecule has 0 aliphatic carbocycles. The van der Waals surface area contributed by atoms with Crippen LogP contribution in [0.1, 0.15) is 5.56 Å². The first-order valence-electron chi connectivity index (χ1n) is 5.99. The minimum atomic E-state index is 0.835. The van der Waals surface area contributed by atoms with Crippen LogP contribution in [0, 0.1) is 0 Å². The predicted molar refractivity (Wildman–Crippen MR) is 74.0 cm³/mol. The number of benzene rings is 1. The molecule has 0 unspecified atom stereocenters. The van der Waals surface area contributed by atoms with Crippen LogP contribution in [0.2, 0.25) is 0 Å². The molecule has 0 radical (unpaired) electrons. The molecule has 3 nitrogen and oxygen atoms in total. The van der Waals surface area contributed by atoms with E-state index < -0.39 is 0 Å². The molecule has 0 saturated carbocycles. The van der Waals surface area contributed by atoms with Gasteiger partial charge >= 0.3 is 5.82 Å². The molecule has 92 valence electrons. The van der Waals surface area contributed by atoms with Crippen LogP contribution in [-0.4, -0.2) is 25.3 Å². The van der Waals surface area contributed by atoms with Crippen molar-refractivity contribution < 1.29 is 4.57 Å². The minimum Gasteiger partial charge on any atom is -0.348 e. The Morgan fingerprint density at radius 2 is 1.78 bits per heavy atom. The third kappa shape index (κ3) is 3.42. The lowest BCUT2D eigenvalue weighted by Gasteiger charge is -2.03. The summed E-state index contributed by atoms with van der Waals surface area (Å²) in [4.78, 5) is 6.40. The van der Waals surface area contributed by atoms with E-state index in [1.165, 1.54) is 5.56 Å². The summed E-state index contributed by atoms with van der Waals surface area (Å²) in [7, 11) is 3.93. The lowest BCUT2D eigenvalue weighted by molar-refractivity contribution is -0.675. The van der Waals surface area contributed by atoms with Crippen molar-refractivity contribution in [3.05, 3.63) is 60.3 Å². The highest BCUT2D eigenvalue weighted by molar-refractivity contribution is 5.57. The molecule has 0 N–H and O–H groups in total. The van der Waals surface area contributed by atoms with Crippen LogP contribution in [0.15, 0.2) is 59.7 Å². The molecule has 1 heterocycles. The minimum absolute atomic E-state index is 0.835. The molecule has 1 aromatic carbocycles. The van der Waals surface area contributed by atoms with E-state index in [2.05, 4.69) is 40.0 Å². The van der Waals surface area contributed by atoms with E-state index in [9.17, 15) is 0 Å². The molecule has 0 bridgehead atoms. The average Bonchev–Trinajstić information content (AvgIpc) is 2.39. The summed E-state index contributed by atoms with van der Waals surface area (Å²) < 4.78 is 2.13. The lowest BCUT2D eigenvalue weighted by atomic mass is 10.2. The molecular formula is C15H18N3+. The van der Waals surface area contributed by atoms with Crippen molar-refractivity contribution >= 4 is 12.2 Å². The summed E-state index contributed by atoms with van der Waals surface area (Å²) in [5.74, 6) is 0.954.